The Bertz CT molecular complexity index is 113. The molecule has 4 heteroatoms. The smallest absolute Gasteiger partial charge is 0.850 e. The standard InChI is InChI=1S/C4H9NO.C4H9O.K/c1-4(6)5(2)3;1-4(2,3)5;/h1-3H3;1-3H3;/q;-1;+1. The van der Waals surface area contributed by atoms with Crippen LogP contribution in [0.4, 0.5) is 0 Å². The fourth-order valence-electron chi connectivity index (χ4n) is 0. The average molecular weight is 199 g/mol. The maximum Gasteiger partial charge on any atom is 1.00 e. The fraction of sp³-hybridized carbons (Fsp3) is 0.875. The molecule has 0 unspecified atom stereocenters. The summed E-state index contributed by atoms with van der Waals surface area (Å²) in [5, 5.41) is 10.1. The van der Waals surface area contributed by atoms with Gasteiger partial charge in [-0.1, -0.05) is 20.8 Å². The summed E-state index contributed by atoms with van der Waals surface area (Å²) in [6, 6.07) is 0. The molecule has 3 nitrogen and oxygen atoms in total. The number of rotatable bonds is 0. The van der Waals surface area contributed by atoms with E-state index in [1.54, 1.807) is 34.9 Å². The zero-order valence-corrected chi connectivity index (χ0v) is 12.4. The van der Waals surface area contributed by atoms with E-state index >= 15 is 0 Å². The second-order valence-electron chi connectivity index (χ2n) is 3.53. The molecule has 0 rings (SSSR count). The molecule has 0 N–H and O–H groups in total. The second-order valence-corrected chi connectivity index (χ2v) is 3.53. The summed E-state index contributed by atoms with van der Waals surface area (Å²) < 4.78 is 0. The molecule has 1 amide bonds. The Labute approximate surface area is 118 Å². The first-order valence-corrected chi connectivity index (χ1v) is 3.53. The van der Waals surface area contributed by atoms with E-state index in [0.29, 0.717) is 0 Å². The van der Waals surface area contributed by atoms with E-state index in [1.165, 1.54) is 11.8 Å². The van der Waals surface area contributed by atoms with Crippen LogP contribution in [0.3, 0.4) is 0 Å². The molecule has 0 fully saturated rings. The maximum atomic E-state index is 10.1. The van der Waals surface area contributed by atoms with Gasteiger partial charge < -0.3 is 10.0 Å². The number of amides is 1. The molecule has 0 aromatic heterocycles. The number of hydrogen-bond donors (Lipinski definition) is 0. The molecule has 0 saturated heterocycles. The fourth-order valence-corrected chi connectivity index (χ4v) is 0. The Kier molecular flexibility index (Phi) is 13.5. The van der Waals surface area contributed by atoms with Gasteiger partial charge in [0.25, 0.3) is 0 Å². The van der Waals surface area contributed by atoms with Gasteiger partial charge in [0.15, 0.2) is 0 Å². The van der Waals surface area contributed by atoms with Gasteiger partial charge in [-0.25, -0.2) is 0 Å². The minimum Gasteiger partial charge on any atom is -0.850 e. The summed E-state index contributed by atoms with van der Waals surface area (Å²) in [7, 11) is 3.45. The Balaban J connectivity index is -0.000000126. The van der Waals surface area contributed by atoms with Crippen molar-refractivity contribution in [2.45, 2.75) is 33.3 Å². The summed E-state index contributed by atoms with van der Waals surface area (Å²) in [6.45, 7) is 6.42. The first kappa shape index (κ1) is 18.8. The van der Waals surface area contributed by atoms with Gasteiger partial charge in [0.2, 0.25) is 5.91 Å². The molecule has 0 bridgehead atoms. The topological polar surface area (TPSA) is 43.4 Å². The van der Waals surface area contributed by atoms with E-state index in [-0.39, 0.29) is 57.3 Å². The first-order valence-electron chi connectivity index (χ1n) is 3.53. The van der Waals surface area contributed by atoms with Crippen molar-refractivity contribution in [3.05, 3.63) is 0 Å². The van der Waals surface area contributed by atoms with E-state index in [9.17, 15) is 9.90 Å². The average Bonchev–Trinajstić information content (AvgIpc) is 1.59. The van der Waals surface area contributed by atoms with Gasteiger partial charge in [-0.2, -0.15) is 0 Å². The van der Waals surface area contributed by atoms with Gasteiger partial charge in [-0.15, -0.1) is 5.60 Å². The minimum absolute atomic E-state index is 0. The summed E-state index contributed by atoms with van der Waals surface area (Å²) in [4.78, 5) is 11.6. The molecule has 0 heterocycles. The van der Waals surface area contributed by atoms with Crippen LogP contribution in [0.1, 0.15) is 27.7 Å². The molecule has 0 radical (unpaired) electrons. The molecule has 0 atom stereocenters. The third-order valence-corrected chi connectivity index (χ3v) is 0.630. The SMILES string of the molecule is CC(=O)N(C)C.CC(C)(C)[O-].[K+]. The van der Waals surface area contributed by atoms with Crippen molar-refractivity contribution in [1.29, 1.82) is 0 Å². The summed E-state index contributed by atoms with van der Waals surface area (Å²) >= 11 is 0. The van der Waals surface area contributed by atoms with Crippen molar-refractivity contribution in [3.8, 4) is 0 Å². The molecule has 0 saturated carbocycles. The van der Waals surface area contributed by atoms with Crippen LogP contribution in [0, 0.1) is 0 Å². The minimum atomic E-state index is -0.750. The molecular weight excluding hydrogens is 181 g/mol. The van der Waals surface area contributed by atoms with Crippen LogP contribution in [0.25, 0.3) is 0 Å². The Morgan fingerprint density at radius 2 is 1.33 bits per heavy atom. The predicted octanol–water partition coefficient (Wildman–Crippen LogP) is -2.76. The maximum absolute atomic E-state index is 10.1. The van der Waals surface area contributed by atoms with Crippen LogP contribution in [0.5, 0.6) is 0 Å². The van der Waals surface area contributed by atoms with E-state index in [0.717, 1.165) is 0 Å². The Hall–Kier alpha value is 1.07. The third kappa shape index (κ3) is 43.7. The molecule has 68 valence electrons. The summed E-state index contributed by atoms with van der Waals surface area (Å²) in [5.41, 5.74) is -0.750. The third-order valence-electron chi connectivity index (χ3n) is 0.630. The molecule has 0 aliphatic heterocycles. The molecule has 0 aromatic carbocycles. The largest absolute Gasteiger partial charge is 1.00 e. The van der Waals surface area contributed by atoms with Crippen molar-refractivity contribution in [3.63, 3.8) is 0 Å². The quantitative estimate of drug-likeness (QED) is 0.397. The zero-order valence-electron chi connectivity index (χ0n) is 9.26. The predicted molar refractivity (Wildman–Crippen MR) is 44.1 cm³/mol. The van der Waals surface area contributed by atoms with Crippen LogP contribution >= 0.6 is 0 Å². The number of carbonyl (C=O) groups is 1. The Morgan fingerprint density at radius 3 is 1.33 bits per heavy atom. The van der Waals surface area contributed by atoms with Gasteiger partial charge in [0, 0.05) is 21.0 Å². The van der Waals surface area contributed by atoms with E-state index in [1.807, 2.05) is 0 Å². The van der Waals surface area contributed by atoms with Gasteiger partial charge in [0.05, 0.1) is 0 Å². The van der Waals surface area contributed by atoms with Gasteiger partial charge in [0.1, 0.15) is 0 Å². The Morgan fingerprint density at radius 1 is 1.25 bits per heavy atom. The van der Waals surface area contributed by atoms with Gasteiger partial charge >= 0.3 is 51.4 Å². The normalized spacial score (nSPS) is 8.92. The monoisotopic (exact) mass is 199 g/mol. The number of carbonyl (C=O) groups excluding carboxylic acids is 1. The van der Waals surface area contributed by atoms with Crippen molar-refractivity contribution in [1.82, 2.24) is 4.90 Å². The van der Waals surface area contributed by atoms with E-state index < -0.39 is 5.60 Å². The van der Waals surface area contributed by atoms with Crippen LogP contribution < -0.4 is 56.5 Å². The van der Waals surface area contributed by atoms with Crippen LogP contribution in [0.15, 0.2) is 0 Å². The van der Waals surface area contributed by atoms with E-state index in [2.05, 4.69) is 0 Å². The van der Waals surface area contributed by atoms with E-state index in [4.69, 9.17) is 0 Å². The molecule has 0 aromatic rings. The molecular formula is C8H18KNO2. The number of nitrogens with zero attached hydrogens (tertiary/aromatic N) is 1. The van der Waals surface area contributed by atoms with Crippen molar-refractivity contribution < 1.29 is 61.3 Å². The van der Waals surface area contributed by atoms with Crippen LogP contribution in [-0.4, -0.2) is 30.5 Å². The van der Waals surface area contributed by atoms with Gasteiger partial charge in [-0.3, -0.25) is 4.79 Å². The molecule has 0 aliphatic rings. The second kappa shape index (κ2) is 8.66. The zero-order chi connectivity index (χ0) is 9.65. The summed E-state index contributed by atoms with van der Waals surface area (Å²) in [6.07, 6.45) is 0. The molecule has 0 spiro atoms. The van der Waals surface area contributed by atoms with Crippen molar-refractivity contribution >= 4 is 5.91 Å². The molecule has 0 aliphatic carbocycles. The van der Waals surface area contributed by atoms with Crippen LogP contribution in [0.2, 0.25) is 0 Å². The number of hydrogen-bond acceptors (Lipinski definition) is 2. The molecule has 12 heavy (non-hydrogen) atoms. The van der Waals surface area contributed by atoms with Gasteiger partial charge in [-0.05, 0) is 0 Å². The van der Waals surface area contributed by atoms with Crippen molar-refractivity contribution in [2.24, 2.45) is 0 Å². The first-order chi connectivity index (χ1) is 4.64. The summed E-state index contributed by atoms with van der Waals surface area (Å²) in [5.74, 6) is 0.0926. The van der Waals surface area contributed by atoms with Crippen LogP contribution in [-0.2, 0) is 4.79 Å². The van der Waals surface area contributed by atoms with Crippen molar-refractivity contribution in [2.75, 3.05) is 14.1 Å².